The average Bonchev–Trinajstić information content (AvgIpc) is 3.40. The van der Waals surface area contributed by atoms with Crippen molar-refractivity contribution >= 4 is 55.4 Å². The van der Waals surface area contributed by atoms with E-state index in [0.29, 0.717) is 5.70 Å². The first kappa shape index (κ1) is 18.4. The molecule has 0 bridgehead atoms. The lowest BCUT2D eigenvalue weighted by molar-refractivity contribution is 1.35. The third-order valence-corrected chi connectivity index (χ3v) is 7.77. The number of para-hydroxylation sites is 1. The van der Waals surface area contributed by atoms with Crippen LogP contribution >= 0.6 is 23.1 Å². The molecule has 1 aliphatic carbocycles. The van der Waals surface area contributed by atoms with Crippen molar-refractivity contribution in [2.75, 3.05) is 0 Å². The summed E-state index contributed by atoms with van der Waals surface area (Å²) in [5.41, 5.74) is 5.20. The Morgan fingerprint density at radius 2 is 1.74 bits per heavy atom. The average molecular weight is 433 g/mol. The number of allylic oxidation sites excluding steroid dienone is 1. The smallest absolute Gasteiger partial charge is 0.226 e. The molecule has 0 N–H and O–H groups in total. The number of rotatable bonds is 3. The molecule has 1 heterocycles. The summed E-state index contributed by atoms with van der Waals surface area (Å²) in [6.07, 6.45) is 0.778. The molecule has 4 aromatic carbocycles. The molecule has 5 aromatic rings. The summed E-state index contributed by atoms with van der Waals surface area (Å²) >= 11 is 3.39. The molecule has 0 amide bonds. The van der Waals surface area contributed by atoms with Gasteiger partial charge in [0.05, 0.1) is 16.8 Å². The van der Waals surface area contributed by atoms with Crippen molar-refractivity contribution in [2.45, 2.75) is 16.2 Å². The fourth-order valence-corrected chi connectivity index (χ4v) is 6.22. The van der Waals surface area contributed by atoms with Gasteiger partial charge in [0, 0.05) is 9.79 Å². The maximum absolute atomic E-state index is 7.95. The first-order valence-electron chi connectivity index (χ1n) is 10.1. The van der Waals surface area contributed by atoms with Gasteiger partial charge in [-0.3, -0.25) is 0 Å². The number of benzene rings is 4. The van der Waals surface area contributed by atoms with Crippen molar-refractivity contribution in [1.29, 1.82) is 0 Å². The van der Waals surface area contributed by atoms with Crippen LogP contribution in [-0.2, 0) is 6.42 Å². The van der Waals surface area contributed by atoms with Crippen molar-refractivity contribution < 1.29 is 0 Å². The Balaban J connectivity index is 1.52. The normalized spacial score (nSPS) is 14.2. The van der Waals surface area contributed by atoms with E-state index in [9.17, 15) is 0 Å². The highest BCUT2D eigenvalue weighted by Gasteiger charge is 2.25. The van der Waals surface area contributed by atoms with E-state index < -0.39 is 0 Å². The first-order chi connectivity index (χ1) is 15.3. The fourth-order valence-electron chi connectivity index (χ4n) is 4.27. The van der Waals surface area contributed by atoms with Crippen LogP contribution in [0.4, 0.5) is 0 Å². The molecule has 2 nitrogen and oxygen atoms in total. The topological polar surface area (TPSA) is 17.2 Å². The van der Waals surface area contributed by atoms with Gasteiger partial charge in [-0.15, -0.1) is 11.3 Å². The Labute approximate surface area is 188 Å². The summed E-state index contributed by atoms with van der Waals surface area (Å²) in [6, 6.07) is 29.5. The number of hydrogen-bond donors (Lipinski definition) is 0. The molecule has 0 radical (unpaired) electrons. The third kappa shape index (κ3) is 3.06. The van der Waals surface area contributed by atoms with Crippen molar-refractivity contribution in [2.24, 2.45) is 0 Å². The Bertz CT molecular complexity index is 1510. The molecule has 6 rings (SSSR count). The molecule has 0 saturated carbocycles. The minimum Gasteiger partial charge on any atom is -0.248 e. The Kier molecular flexibility index (Phi) is 4.38. The van der Waals surface area contributed by atoms with E-state index in [1.165, 1.54) is 31.7 Å². The van der Waals surface area contributed by atoms with Crippen LogP contribution in [-0.4, -0.2) is 4.98 Å². The Morgan fingerprint density at radius 1 is 0.903 bits per heavy atom. The maximum Gasteiger partial charge on any atom is 0.226 e. The second-order valence-electron chi connectivity index (χ2n) is 7.47. The van der Waals surface area contributed by atoms with Gasteiger partial charge in [0.15, 0.2) is 0 Å². The lowest BCUT2D eigenvalue weighted by atomic mass is 10.0. The number of fused-ring (bicyclic) bond motifs is 1. The van der Waals surface area contributed by atoms with E-state index in [0.717, 1.165) is 27.2 Å². The second-order valence-corrected chi connectivity index (χ2v) is 9.61. The van der Waals surface area contributed by atoms with Gasteiger partial charge in [-0.25, -0.2) is 9.83 Å². The van der Waals surface area contributed by atoms with E-state index in [4.69, 9.17) is 11.6 Å². The first-order valence-corrected chi connectivity index (χ1v) is 11.7. The van der Waals surface area contributed by atoms with Crippen LogP contribution in [0.15, 0.2) is 94.7 Å². The molecular formula is C27H16N2S2. The zero-order valence-corrected chi connectivity index (χ0v) is 18.1. The molecular weight excluding hydrogens is 416 g/mol. The van der Waals surface area contributed by atoms with Crippen LogP contribution in [0.5, 0.6) is 0 Å². The van der Waals surface area contributed by atoms with Gasteiger partial charge in [-0.05, 0) is 64.2 Å². The van der Waals surface area contributed by atoms with E-state index >= 15 is 0 Å². The van der Waals surface area contributed by atoms with Gasteiger partial charge in [-0.1, -0.05) is 66.4 Å². The Hall–Kier alpha value is -3.39. The van der Waals surface area contributed by atoms with Crippen molar-refractivity contribution in [1.82, 2.24) is 4.98 Å². The molecule has 0 unspecified atom stereocenters. The van der Waals surface area contributed by atoms with Gasteiger partial charge in [-0.2, -0.15) is 0 Å². The van der Waals surface area contributed by atoms with E-state index in [1.54, 1.807) is 23.1 Å². The SMILES string of the molecule is [C-]#[N+]/C(=C1\Cc2ccc(Sc3ccccc3)c3cccc1c23)c1nc2ccccc2s1. The zero-order chi connectivity index (χ0) is 20.8. The van der Waals surface area contributed by atoms with Gasteiger partial charge in [0.1, 0.15) is 5.01 Å². The van der Waals surface area contributed by atoms with Crippen molar-refractivity contribution in [3.63, 3.8) is 0 Å². The predicted octanol–water partition coefficient (Wildman–Crippen LogP) is 7.94. The van der Waals surface area contributed by atoms with E-state index in [2.05, 4.69) is 65.5 Å². The minimum absolute atomic E-state index is 0.683. The lowest BCUT2D eigenvalue weighted by Crippen LogP contribution is -1.87. The summed E-state index contributed by atoms with van der Waals surface area (Å²) < 4.78 is 1.12. The molecule has 146 valence electrons. The van der Waals surface area contributed by atoms with Crippen molar-refractivity contribution in [3.05, 3.63) is 112 Å². The number of hydrogen-bond acceptors (Lipinski definition) is 3. The van der Waals surface area contributed by atoms with Crippen molar-refractivity contribution in [3.8, 4) is 0 Å². The number of nitrogens with zero attached hydrogens (tertiary/aromatic N) is 2. The largest absolute Gasteiger partial charge is 0.248 e. The summed E-state index contributed by atoms with van der Waals surface area (Å²) in [7, 11) is 0. The third-order valence-electron chi connectivity index (χ3n) is 5.64. The van der Waals surface area contributed by atoms with Crippen LogP contribution in [0.2, 0.25) is 0 Å². The Morgan fingerprint density at radius 3 is 2.58 bits per heavy atom. The summed E-state index contributed by atoms with van der Waals surface area (Å²) in [4.78, 5) is 11.2. The van der Waals surface area contributed by atoms with Gasteiger partial charge in [0.2, 0.25) is 5.70 Å². The standard InChI is InChI=1S/C27H16N2S2/c1-28-26(27-29-22-12-5-6-13-24(22)31-27)21-16-17-14-15-23(30-18-8-3-2-4-9-18)20-11-7-10-19(21)25(17)20/h2-15H,16H2/b26-21+. The highest BCUT2D eigenvalue weighted by Crippen LogP contribution is 2.46. The maximum atomic E-state index is 7.95. The van der Waals surface area contributed by atoms with Gasteiger partial charge >= 0.3 is 0 Å². The highest BCUT2D eigenvalue weighted by molar-refractivity contribution is 7.99. The fraction of sp³-hybridized carbons (Fsp3) is 0.0370. The molecule has 0 saturated heterocycles. The molecule has 1 aliphatic rings. The monoisotopic (exact) mass is 432 g/mol. The zero-order valence-electron chi connectivity index (χ0n) is 16.5. The minimum atomic E-state index is 0.683. The van der Waals surface area contributed by atoms with Crippen LogP contribution < -0.4 is 0 Å². The second kappa shape index (κ2) is 7.39. The van der Waals surface area contributed by atoms with Gasteiger partial charge in [0.25, 0.3) is 0 Å². The predicted molar refractivity (Wildman–Crippen MR) is 131 cm³/mol. The van der Waals surface area contributed by atoms with E-state index in [-0.39, 0.29) is 0 Å². The molecule has 0 fully saturated rings. The molecule has 0 atom stereocenters. The number of aromatic nitrogens is 1. The molecule has 31 heavy (non-hydrogen) atoms. The van der Waals surface area contributed by atoms with E-state index in [1.807, 2.05) is 24.3 Å². The highest BCUT2D eigenvalue weighted by atomic mass is 32.2. The van der Waals surface area contributed by atoms with Gasteiger partial charge < -0.3 is 0 Å². The van der Waals surface area contributed by atoms with Crippen LogP contribution in [0.1, 0.15) is 16.1 Å². The molecule has 0 spiro atoms. The molecule has 4 heteroatoms. The van der Waals surface area contributed by atoms with Crippen LogP contribution in [0, 0.1) is 6.57 Å². The van der Waals surface area contributed by atoms with Crippen LogP contribution in [0.25, 0.3) is 37.1 Å². The quantitative estimate of drug-likeness (QED) is 0.269. The summed E-state index contributed by atoms with van der Waals surface area (Å²) in [5.74, 6) is 0. The molecule has 1 aromatic heterocycles. The number of thiazole rings is 1. The summed E-state index contributed by atoms with van der Waals surface area (Å²) in [5, 5.41) is 3.35. The molecule has 0 aliphatic heterocycles. The summed E-state index contributed by atoms with van der Waals surface area (Å²) in [6.45, 7) is 7.95. The van der Waals surface area contributed by atoms with Crippen LogP contribution in [0.3, 0.4) is 0 Å². The lowest BCUT2D eigenvalue weighted by Gasteiger charge is -2.09.